The molecule has 1 aliphatic rings. The van der Waals surface area contributed by atoms with Gasteiger partial charge < -0.3 is 15.4 Å². The zero-order chi connectivity index (χ0) is 24.9. The van der Waals surface area contributed by atoms with E-state index in [0.717, 1.165) is 11.1 Å². The number of hydrogen-bond donors (Lipinski definition) is 2. The van der Waals surface area contributed by atoms with Crippen LogP contribution in [-0.4, -0.2) is 35.4 Å². The Morgan fingerprint density at radius 3 is 2.34 bits per heavy atom. The van der Waals surface area contributed by atoms with Gasteiger partial charge in [-0.05, 0) is 49.2 Å². The van der Waals surface area contributed by atoms with Crippen LogP contribution in [0.4, 0.5) is 14.9 Å². The van der Waals surface area contributed by atoms with Crippen LogP contribution in [0.1, 0.15) is 40.1 Å². The number of likely N-dealkylation sites (N-methyl/N-ethyl adjacent to an activating group) is 1. The van der Waals surface area contributed by atoms with E-state index >= 15 is 0 Å². The molecule has 180 valence electrons. The van der Waals surface area contributed by atoms with E-state index in [9.17, 15) is 18.8 Å². The largest absolute Gasteiger partial charge is 0.438 e. The van der Waals surface area contributed by atoms with Crippen molar-refractivity contribution >= 4 is 23.6 Å². The van der Waals surface area contributed by atoms with Crippen LogP contribution < -0.4 is 10.6 Å². The van der Waals surface area contributed by atoms with E-state index in [1.165, 1.54) is 23.1 Å². The molecular weight excluding hydrogens is 449 g/mol. The number of halogens is 1. The van der Waals surface area contributed by atoms with E-state index in [2.05, 4.69) is 10.6 Å². The van der Waals surface area contributed by atoms with Crippen LogP contribution in [-0.2, 0) is 16.1 Å². The van der Waals surface area contributed by atoms with Crippen molar-refractivity contribution in [3.05, 3.63) is 101 Å². The van der Waals surface area contributed by atoms with E-state index in [-0.39, 0.29) is 18.0 Å². The molecule has 0 aromatic heterocycles. The van der Waals surface area contributed by atoms with Crippen molar-refractivity contribution in [3.63, 3.8) is 0 Å². The number of nitrogens with one attached hydrogen (secondary N) is 2. The van der Waals surface area contributed by atoms with Gasteiger partial charge >= 0.3 is 6.09 Å². The summed E-state index contributed by atoms with van der Waals surface area (Å²) in [5.74, 6) is -1.50. The number of benzene rings is 3. The molecule has 1 saturated heterocycles. The molecule has 0 saturated carbocycles. The Bertz CT molecular complexity index is 1230. The second-order valence-corrected chi connectivity index (χ2v) is 8.31. The highest BCUT2D eigenvalue weighted by Crippen LogP contribution is 2.34. The normalized spacial score (nSPS) is 17.1. The number of ether oxygens (including phenoxy) is 1. The molecule has 7 nitrogen and oxygen atoms in total. The number of amides is 3. The van der Waals surface area contributed by atoms with Crippen molar-refractivity contribution in [2.24, 2.45) is 0 Å². The zero-order valence-corrected chi connectivity index (χ0v) is 19.5. The molecule has 0 radical (unpaired) electrons. The molecule has 1 fully saturated rings. The van der Waals surface area contributed by atoms with Crippen molar-refractivity contribution in [1.82, 2.24) is 10.2 Å². The molecule has 35 heavy (non-hydrogen) atoms. The molecule has 1 heterocycles. The van der Waals surface area contributed by atoms with Crippen molar-refractivity contribution in [2.45, 2.75) is 32.5 Å². The molecule has 1 aliphatic heterocycles. The lowest BCUT2D eigenvalue weighted by Gasteiger charge is -2.24. The van der Waals surface area contributed by atoms with Crippen LogP contribution in [0, 0.1) is 12.7 Å². The van der Waals surface area contributed by atoms with Crippen LogP contribution in [0.25, 0.3) is 0 Å². The quantitative estimate of drug-likeness (QED) is 0.524. The Morgan fingerprint density at radius 2 is 1.69 bits per heavy atom. The molecule has 2 N–H and O–H groups in total. The molecule has 3 aromatic carbocycles. The van der Waals surface area contributed by atoms with Crippen LogP contribution in [0.3, 0.4) is 0 Å². The summed E-state index contributed by atoms with van der Waals surface area (Å²) in [7, 11) is 0. The minimum absolute atomic E-state index is 0.0654. The highest BCUT2D eigenvalue weighted by molar-refractivity contribution is 6.04. The number of anilines is 1. The van der Waals surface area contributed by atoms with Crippen molar-refractivity contribution < 1.29 is 23.5 Å². The Morgan fingerprint density at radius 1 is 1.00 bits per heavy atom. The monoisotopic (exact) mass is 475 g/mol. The Kier molecular flexibility index (Phi) is 7.10. The van der Waals surface area contributed by atoms with Gasteiger partial charge in [-0.1, -0.05) is 54.1 Å². The number of rotatable bonds is 7. The Labute approximate surface area is 202 Å². The second-order valence-electron chi connectivity index (χ2n) is 8.31. The summed E-state index contributed by atoms with van der Waals surface area (Å²) in [6.45, 7) is 4.43. The van der Waals surface area contributed by atoms with Gasteiger partial charge in [-0.2, -0.15) is 0 Å². The number of hydrogen-bond acceptors (Lipinski definition) is 4. The fourth-order valence-electron chi connectivity index (χ4n) is 3.98. The van der Waals surface area contributed by atoms with Gasteiger partial charge in [0.25, 0.3) is 5.91 Å². The zero-order valence-electron chi connectivity index (χ0n) is 19.5. The SMILES string of the molecule is CCNC(=O)[C@@H]1[C@H](c2ccc(NC(=O)c3ccccc3F)cc2)OC(=O)N1Cc1ccc(C)cc1. The second kappa shape index (κ2) is 10.4. The average molecular weight is 476 g/mol. The first-order chi connectivity index (χ1) is 16.9. The van der Waals surface area contributed by atoms with Gasteiger partial charge in [0.15, 0.2) is 12.1 Å². The van der Waals surface area contributed by atoms with Crippen molar-refractivity contribution in [2.75, 3.05) is 11.9 Å². The van der Waals surface area contributed by atoms with Gasteiger partial charge in [0.1, 0.15) is 5.82 Å². The highest BCUT2D eigenvalue weighted by Gasteiger charge is 2.46. The van der Waals surface area contributed by atoms with Gasteiger partial charge in [0.2, 0.25) is 5.91 Å². The average Bonchev–Trinajstić information content (AvgIpc) is 3.17. The predicted molar refractivity (Wildman–Crippen MR) is 129 cm³/mol. The van der Waals surface area contributed by atoms with Crippen molar-refractivity contribution in [3.8, 4) is 0 Å². The summed E-state index contributed by atoms with van der Waals surface area (Å²) in [6.07, 6.45) is -1.40. The lowest BCUT2D eigenvalue weighted by molar-refractivity contribution is -0.126. The van der Waals surface area contributed by atoms with Crippen LogP contribution in [0.2, 0.25) is 0 Å². The topological polar surface area (TPSA) is 87.7 Å². The van der Waals surface area contributed by atoms with E-state index in [4.69, 9.17) is 4.74 Å². The lowest BCUT2D eigenvalue weighted by Crippen LogP contribution is -2.46. The highest BCUT2D eigenvalue weighted by atomic mass is 19.1. The number of cyclic esters (lactones) is 1. The summed E-state index contributed by atoms with van der Waals surface area (Å²) >= 11 is 0. The van der Waals surface area contributed by atoms with Gasteiger partial charge in [-0.3, -0.25) is 14.5 Å². The van der Waals surface area contributed by atoms with Crippen LogP contribution in [0.15, 0.2) is 72.8 Å². The first-order valence-electron chi connectivity index (χ1n) is 11.3. The predicted octanol–water partition coefficient (Wildman–Crippen LogP) is 4.58. The fraction of sp³-hybridized carbons (Fsp3) is 0.222. The van der Waals surface area contributed by atoms with Gasteiger partial charge in [0, 0.05) is 12.2 Å². The van der Waals surface area contributed by atoms with Gasteiger partial charge in [-0.15, -0.1) is 0 Å². The number of carbonyl (C=O) groups is 3. The third-order valence-electron chi connectivity index (χ3n) is 5.79. The third kappa shape index (κ3) is 5.32. The molecule has 0 aliphatic carbocycles. The van der Waals surface area contributed by atoms with Gasteiger partial charge in [-0.25, -0.2) is 9.18 Å². The van der Waals surface area contributed by atoms with E-state index in [0.29, 0.717) is 17.8 Å². The maximum absolute atomic E-state index is 13.9. The first-order valence-corrected chi connectivity index (χ1v) is 11.3. The summed E-state index contributed by atoms with van der Waals surface area (Å²) in [5, 5.41) is 5.44. The summed E-state index contributed by atoms with van der Waals surface area (Å²) < 4.78 is 19.5. The minimum Gasteiger partial charge on any atom is -0.438 e. The number of carbonyl (C=O) groups excluding carboxylic acids is 3. The fourth-order valence-corrected chi connectivity index (χ4v) is 3.98. The molecule has 8 heteroatoms. The molecule has 0 unspecified atom stereocenters. The number of nitrogens with zero attached hydrogens (tertiary/aromatic N) is 1. The van der Waals surface area contributed by atoms with Crippen LogP contribution in [0.5, 0.6) is 0 Å². The minimum atomic E-state index is -0.859. The van der Waals surface area contributed by atoms with Crippen LogP contribution >= 0.6 is 0 Å². The van der Waals surface area contributed by atoms with E-state index < -0.39 is 30.0 Å². The van der Waals surface area contributed by atoms with E-state index in [1.54, 1.807) is 30.3 Å². The Balaban J connectivity index is 1.54. The maximum Gasteiger partial charge on any atom is 0.411 e. The smallest absolute Gasteiger partial charge is 0.411 e. The van der Waals surface area contributed by atoms with Gasteiger partial charge in [0.05, 0.1) is 12.1 Å². The standard InChI is InChI=1S/C27H26FN3O4/c1-3-29-26(33)23-24(35-27(34)31(23)16-18-10-8-17(2)9-11-18)19-12-14-20(15-13-19)30-25(32)21-6-4-5-7-22(21)28/h4-15,23-24H,3,16H2,1-2H3,(H,29,33)(H,30,32)/t23-,24-/m0/s1. The molecule has 0 bridgehead atoms. The number of aryl methyl sites for hydroxylation is 1. The summed E-state index contributed by atoms with van der Waals surface area (Å²) in [5.41, 5.74) is 2.96. The molecule has 0 spiro atoms. The third-order valence-corrected chi connectivity index (χ3v) is 5.79. The first kappa shape index (κ1) is 23.9. The lowest BCUT2D eigenvalue weighted by atomic mass is 10.00. The van der Waals surface area contributed by atoms with E-state index in [1.807, 2.05) is 38.1 Å². The summed E-state index contributed by atoms with van der Waals surface area (Å²) in [6, 6.07) is 19.2. The molecule has 4 rings (SSSR count). The molecule has 2 atom stereocenters. The maximum atomic E-state index is 13.9. The molecule has 3 aromatic rings. The van der Waals surface area contributed by atoms with Crippen molar-refractivity contribution in [1.29, 1.82) is 0 Å². The Hall–Kier alpha value is -4.20. The molecular formula is C27H26FN3O4. The summed E-state index contributed by atoms with van der Waals surface area (Å²) in [4.78, 5) is 39.5. The molecule has 3 amide bonds.